The van der Waals surface area contributed by atoms with Crippen molar-refractivity contribution in [2.45, 2.75) is 39.3 Å². The van der Waals surface area contributed by atoms with Crippen LogP contribution in [0.1, 0.15) is 25.3 Å². The van der Waals surface area contributed by atoms with Crippen LogP contribution in [-0.2, 0) is 6.42 Å². The van der Waals surface area contributed by atoms with Gasteiger partial charge in [-0.3, -0.25) is 0 Å². The molecule has 0 aliphatic rings. The Morgan fingerprint density at radius 3 is 2.63 bits per heavy atom. The van der Waals surface area contributed by atoms with Crippen LogP contribution in [0.25, 0.3) is 10.8 Å². The summed E-state index contributed by atoms with van der Waals surface area (Å²) in [6.07, 6.45) is 3.55. The first-order chi connectivity index (χ1) is 9.11. The fourth-order valence-corrected chi connectivity index (χ4v) is 3.38. The van der Waals surface area contributed by atoms with Crippen molar-refractivity contribution in [2.75, 3.05) is 0 Å². The fraction of sp³-hybridized carbons (Fsp3) is 0.375. The van der Waals surface area contributed by atoms with E-state index in [1.807, 2.05) is 0 Å². The van der Waals surface area contributed by atoms with Crippen LogP contribution in [0.2, 0.25) is 13.1 Å². The molecule has 0 aliphatic carbocycles. The van der Waals surface area contributed by atoms with Crippen molar-refractivity contribution in [1.82, 2.24) is 0 Å². The van der Waals surface area contributed by atoms with Crippen molar-refractivity contribution in [3.05, 3.63) is 40.4 Å². The number of halogens is 1. The van der Waals surface area contributed by atoms with Crippen molar-refractivity contribution < 1.29 is 4.43 Å². The highest BCUT2D eigenvalue weighted by Crippen LogP contribution is 2.33. The Kier molecular flexibility index (Phi) is 5.05. The molecule has 0 aromatic heterocycles. The molecular weight excluding hydrogens is 316 g/mol. The van der Waals surface area contributed by atoms with Gasteiger partial charge in [0.15, 0.2) is 0 Å². The van der Waals surface area contributed by atoms with Gasteiger partial charge in [0.05, 0.1) is 0 Å². The average molecular weight is 337 g/mol. The molecule has 0 unspecified atom stereocenters. The van der Waals surface area contributed by atoms with Gasteiger partial charge in [0.2, 0.25) is 9.04 Å². The lowest BCUT2D eigenvalue weighted by Crippen LogP contribution is -2.13. The van der Waals surface area contributed by atoms with Crippen molar-refractivity contribution in [1.29, 1.82) is 0 Å². The lowest BCUT2D eigenvalue weighted by atomic mass is 10.0. The van der Waals surface area contributed by atoms with Crippen LogP contribution in [0, 0.1) is 0 Å². The van der Waals surface area contributed by atoms with E-state index in [9.17, 15) is 0 Å². The zero-order valence-electron chi connectivity index (χ0n) is 11.9. The van der Waals surface area contributed by atoms with Crippen LogP contribution in [-0.4, -0.2) is 9.04 Å². The molecule has 19 heavy (non-hydrogen) atoms. The molecule has 0 fully saturated rings. The standard InChI is InChI=1S/C16H21BrOSi/c1-4-5-6-12-7-8-13-11-14(17)9-10-15(13)16(12)18-19(2)3/h7-11,19H,4-6H2,1-3H3. The van der Waals surface area contributed by atoms with Gasteiger partial charge in [-0.1, -0.05) is 41.4 Å². The van der Waals surface area contributed by atoms with E-state index in [1.165, 1.54) is 29.2 Å². The Labute approximate surface area is 125 Å². The predicted octanol–water partition coefficient (Wildman–Crippen LogP) is 5.31. The van der Waals surface area contributed by atoms with Gasteiger partial charge in [0.25, 0.3) is 0 Å². The molecule has 0 spiro atoms. The lowest BCUT2D eigenvalue weighted by molar-refractivity contribution is 0.575. The van der Waals surface area contributed by atoms with Crippen LogP contribution >= 0.6 is 15.9 Å². The molecule has 0 bridgehead atoms. The van der Waals surface area contributed by atoms with Crippen LogP contribution in [0.15, 0.2) is 34.8 Å². The van der Waals surface area contributed by atoms with E-state index >= 15 is 0 Å². The monoisotopic (exact) mass is 336 g/mol. The van der Waals surface area contributed by atoms with E-state index in [0.29, 0.717) is 0 Å². The Hall–Kier alpha value is -0.803. The van der Waals surface area contributed by atoms with Crippen molar-refractivity contribution >= 4 is 35.7 Å². The third-order valence-electron chi connectivity index (χ3n) is 3.17. The molecule has 102 valence electrons. The zero-order chi connectivity index (χ0) is 13.8. The van der Waals surface area contributed by atoms with E-state index in [1.54, 1.807) is 0 Å². The normalized spacial score (nSPS) is 11.2. The van der Waals surface area contributed by atoms with Gasteiger partial charge >= 0.3 is 0 Å². The Bertz CT molecular complexity index is 566. The molecule has 0 N–H and O–H groups in total. The van der Waals surface area contributed by atoms with Gasteiger partial charge < -0.3 is 4.43 Å². The van der Waals surface area contributed by atoms with E-state index in [0.717, 1.165) is 16.6 Å². The minimum Gasteiger partial charge on any atom is -0.546 e. The summed E-state index contributed by atoms with van der Waals surface area (Å²) in [6.45, 7) is 6.68. The second kappa shape index (κ2) is 6.57. The maximum atomic E-state index is 6.22. The number of hydrogen-bond donors (Lipinski definition) is 0. The Morgan fingerprint density at radius 2 is 1.95 bits per heavy atom. The topological polar surface area (TPSA) is 9.23 Å². The van der Waals surface area contributed by atoms with Gasteiger partial charge in [-0.25, -0.2) is 0 Å². The molecular formula is C16H21BrOSi. The molecule has 0 radical (unpaired) electrons. The molecule has 0 aliphatic heterocycles. The second-order valence-electron chi connectivity index (χ2n) is 5.19. The van der Waals surface area contributed by atoms with E-state index < -0.39 is 9.04 Å². The van der Waals surface area contributed by atoms with Gasteiger partial charge in [-0.05, 0) is 55.1 Å². The highest BCUT2D eigenvalue weighted by molar-refractivity contribution is 9.10. The van der Waals surface area contributed by atoms with Gasteiger partial charge in [-0.15, -0.1) is 0 Å². The number of fused-ring (bicyclic) bond motifs is 1. The predicted molar refractivity (Wildman–Crippen MR) is 89.8 cm³/mol. The molecule has 2 aromatic rings. The minimum atomic E-state index is -1.09. The molecule has 3 heteroatoms. The SMILES string of the molecule is CCCCc1ccc2cc(Br)ccc2c1O[SiH](C)C. The summed E-state index contributed by atoms with van der Waals surface area (Å²) in [7, 11) is -1.09. The van der Waals surface area contributed by atoms with E-state index in [2.05, 4.69) is 66.3 Å². The van der Waals surface area contributed by atoms with Crippen LogP contribution in [0.3, 0.4) is 0 Å². The van der Waals surface area contributed by atoms with Gasteiger partial charge in [0, 0.05) is 9.86 Å². The average Bonchev–Trinajstić information content (AvgIpc) is 2.37. The highest BCUT2D eigenvalue weighted by atomic mass is 79.9. The lowest BCUT2D eigenvalue weighted by Gasteiger charge is -2.17. The molecule has 0 amide bonds. The summed E-state index contributed by atoms with van der Waals surface area (Å²) < 4.78 is 7.34. The van der Waals surface area contributed by atoms with E-state index in [4.69, 9.17) is 4.43 Å². The molecule has 0 saturated heterocycles. The summed E-state index contributed by atoms with van der Waals surface area (Å²) in [5, 5.41) is 2.50. The molecule has 0 heterocycles. The third kappa shape index (κ3) is 3.60. The van der Waals surface area contributed by atoms with Crippen LogP contribution in [0.5, 0.6) is 5.75 Å². The fourth-order valence-electron chi connectivity index (χ4n) is 2.26. The van der Waals surface area contributed by atoms with Crippen molar-refractivity contribution in [3.8, 4) is 5.75 Å². The summed E-state index contributed by atoms with van der Waals surface area (Å²) in [5.74, 6) is 1.13. The Morgan fingerprint density at radius 1 is 1.16 bits per heavy atom. The first-order valence-electron chi connectivity index (χ1n) is 6.99. The van der Waals surface area contributed by atoms with Crippen molar-refractivity contribution in [3.63, 3.8) is 0 Å². The number of rotatable bonds is 5. The van der Waals surface area contributed by atoms with Crippen molar-refractivity contribution in [2.24, 2.45) is 0 Å². The maximum Gasteiger partial charge on any atom is 0.229 e. The summed E-state index contributed by atoms with van der Waals surface area (Å²) in [6, 6.07) is 10.9. The summed E-state index contributed by atoms with van der Waals surface area (Å²) >= 11 is 3.54. The first kappa shape index (κ1) is 14.6. The van der Waals surface area contributed by atoms with E-state index in [-0.39, 0.29) is 0 Å². The smallest absolute Gasteiger partial charge is 0.229 e. The third-order valence-corrected chi connectivity index (χ3v) is 4.37. The first-order valence-corrected chi connectivity index (χ1v) is 10.6. The molecule has 2 rings (SSSR count). The number of hydrogen-bond acceptors (Lipinski definition) is 1. The number of benzene rings is 2. The number of unbranched alkanes of at least 4 members (excludes halogenated alkanes) is 1. The quantitative estimate of drug-likeness (QED) is 0.672. The Balaban J connectivity index is 2.52. The maximum absolute atomic E-state index is 6.22. The van der Waals surface area contributed by atoms with Gasteiger partial charge in [0.1, 0.15) is 5.75 Å². The molecule has 0 atom stereocenters. The number of aryl methyl sites for hydroxylation is 1. The summed E-state index contributed by atoms with van der Waals surface area (Å²) in [5.41, 5.74) is 1.36. The van der Waals surface area contributed by atoms with Gasteiger partial charge in [-0.2, -0.15) is 0 Å². The molecule has 2 aromatic carbocycles. The zero-order valence-corrected chi connectivity index (χ0v) is 14.6. The largest absolute Gasteiger partial charge is 0.546 e. The van der Waals surface area contributed by atoms with Crippen LogP contribution in [0.4, 0.5) is 0 Å². The highest BCUT2D eigenvalue weighted by Gasteiger charge is 2.11. The second-order valence-corrected chi connectivity index (χ2v) is 8.44. The van der Waals surface area contributed by atoms with Crippen LogP contribution < -0.4 is 4.43 Å². The molecule has 1 nitrogen and oxygen atoms in total. The summed E-state index contributed by atoms with van der Waals surface area (Å²) in [4.78, 5) is 0. The molecule has 0 saturated carbocycles. The minimum absolute atomic E-state index is 1.09.